The fourth-order valence-corrected chi connectivity index (χ4v) is 2.03. The molecule has 2 N–H and O–H groups in total. The molecular formula is C15H17BrN2O4. The highest BCUT2D eigenvalue weighted by molar-refractivity contribution is 9.11. The third kappa shape index (κ3) is 5.69. The van der Waals surface area contributed by atoms with Crippen molar-refractivity contribution in [2.24, 2.45) is 0 Å². The van der Waals surface area contributed by atoms with Gasteiger partial charge in [-0.05, 0) is 28.7 Å². The summed E-state index contributed by atoms with van der Waals surface area (Å²) in [6.07, 6.45) is 0.225. The van der Waals surface area contributed by atoms with Crippen molar-refractivity contribution in [2.75, 3.05) is 12.4 Å². The quantitative estimate of drug-likeness (QED) is 0.753. The van der Waals surface area contributed by atoms with Gasteiger partial charge < -0.3 is 15.4 Å². The number of hydrogen-bond donors (Lipinski definition) is 2. The van der Waals surface area contributed by atoms with E-state index in [1.54, 1.807) is 24.3 Å². The van der Waals surface area contributed by atoms with E-state index in [1.807, 2.05) is 0 Å². The molecule has 0 aliphatic carbocycles. The van der Waals surface area contributed by atoms with Gasteiger partial charge in [-0.25, -0.2) is 4.79 Å². The first-order valence-corrected chi connectivity index (χ1v) is 7.22. The molecule has 0 unspecified atom stereocenters. The highest BCUT2D eigenvalue weighted by Gasteiger charge is 2.22. The molecular weight excluding hydrogens is 352 g/mol. The molecule has 1 aromatic carbocycles. The molecule has 1 atom stereocenters. The van der Waals surface area contributed by atoms with Gasteiger partial charge in [0, 0.05) is 24.6 Å². The fourth-order valence-electron chi connectivity index (χ4n) is 1.71. The summed E-state index contributed by atoms with van der Waals surface area (Å²) in [5.74, 6) is -1.17. The number of esters is 1. The van der Waals surface area contributed by atoms with Crippen molar-refractivity contribution in [3.05, 3.63) is 40.9 Å². The van der Waals surface area contributed by atoms with E-state index in [2.05, 4.69) is 37.9 Å². The Morgan fingerprint density at radius 2 is 1.86 bits per heavy atom. The fraction of sp³-hybridized carbons (Fsp3) is 0.267. The maximum Gasteiger partial charge on any atom is 0.328 e. The third-order valence-corrected chi connectivity index (χ3v) is 3.01. The molecule has 0 saturated carbocycles. The van der Waals surface area contributed by atoms with Crippen molar-refractivity contribution >= 4 is 39.4 Å². The average molecular weight is 369 g/mol. The maximum atomic E-state index is 12.1. The highest BCUT2D eigenvalue weighted by Crippen LogP contribution is 2.13. The van der Waals surface area contributed by atoms with E-state index < -0.39 is 17.9 Å². The summed E-state index contributed by atoms with van der Waals surface area (Å²) in [5, 5.41) is 5.19. The van der Waals surface area contributed by atoms with Crippen molar-refractivity contribution < 1.29 is 19.1 Å². The lowest BCUT2D eigenvalue weighted by Crippen LogP contribution is -2.41. The van der Waals surface area contributed by atoms with E-state index in [1.165, 1.54) is 14.0 Å². The second-order valence-electron chi connectivity index (χ2n) is 4.53. The average Bonchev–Trinajstić information content (AvgIpc) is 2.45. The molecule has 0 aromatic heterocycles. The number of nitrogens with one attached hydrogen (secondary N) is 2. The molecule has 0 saturated heterocycles. The Balaban J connectivity index is 2.78. The Morgan fingerprint density at radius 3 is 2.32 bits per heavy atom. The predicted octanol–water partition coefficient (Wildman–Crippen LogP) is 2.22. The minimum Gasteiger partial charge on any atom is -0.467 e. The van der Waals surface area contributed by atoms with Crippen LogP contribution in [0.15, 0.2) is 35.3 Å². The lowest BCUT2D eigenvalue weighted by Gasteiger charge is -2.16. The van der Waals surface area contributed by atoms with Gasteiger partial charge in [0.05, 0.1) is 7.11 Å². The van der Waals surface area contributed by atoms with Crippen molar-refractivity contribution in [2.45, 2.75) is 19.4 Å². The maximum absolute atomic E-state index is 12.1. The number of halogens is 1. The van der Waals surface area contributed by atoms with Crippen molar-refractivity contribution in [3.8, 4) is 0 Å². The zero-order valence-corrected chi connectivity index (χ0v) is 13.9. The second-order valence-corrected chi connectivity index (χ2v) is 5.65. The van der Waals surface area contributed by atoms with Gasteiger partial charge >= 0.3 is 5.97 Å². The standard InChI is InChI=1S/C15H17BrN2O4/c1-9(16)8-13(15(21)22-3)18-14(20)11-4-6-12(7-5-11)17-10(2)19/h4-7,13H,1,8H2,2-3H3,(H,17,19)(H,18,20)/t13-/m0/s1. The first-order chi connectivity index (χ1) is 10.3. The van der Waals surface area contributed by atoms with E-state index in [0.717, 1.165) is 0 Å². The molecule has 118 valence electrons. The number of ether oxygens (including phenoxy) is 1. The lowest BCUT2D eigenvalue weighted by atomic mass is 10.1. The van der Waals surface area contributed by atoms with Crippen LogP contribution in [0.2, 0.25) is 0 Å². The molecule has 0 radical (unpaired) electrons. The van der Waals surface area contributed by atoms with Gasteiger partial charge in [-0.1, -0.05) is 22.5 Å². The van der Waals surface area contributed by atoms with Crippen LogP contribution in [0.5, 0.6) is 0 Å². The van der Waals surface area contributed by atoms with Crippen molar-refractivity contribution in [1.29, 1.82) is 0 Å². The summed E-state index contributed by atoms with van der Waals surface area (Å²) in [6, 6.07) is 5.50. The van der Waals surface area contributed by atoms with Crippen LogP contribution in [0.4, 0.5) is 5.69 Å². The van der Waals surface area contributed by atoms with Crippen LogP contribution in [0.3, 0.4) is 0 Å². The number of amides is 2. The first kappa shape index (κ1) is 17.9. The number of methoxy groups -OCH3 is 1. The molecule has 0 heterocycles. The smallest absolute Gasteiger partial charge is 0.328 e. The van der Waals surface area contributed by atoms with Gasteiger partial charge in [-0.3, -0.25) is 9.59 Å². The van der Waals surface area contributed by atoms with Crippen LogP contribution in [-0.4, -0.2) is 30.9 Å². The molecule has 1 aromatic rings. The molecule has 1 rings (SSSR count). The molecule has 2 amide bonds. The Bertz CT molecular complexity index is 584. The predicted molar refractivity (Wildman–Crippen MR) is 86.7 cm³/mol. The topological polar surface area (TPSA) is 84.5 Å². The molecule has 0 aliphatic rings. The number of benzene rings is 1. The van der Waals surface area contributed by atoms with E-state index in [4.69, 9.17) is 0 Å². The minimum atomic E-state index is -0.820. The largest absolute Gasteiger partial charge is 0.467 e. The second kappa shape index (κ2) is 8.33. The van der Waals surface area contributed by atoms with E-state index >= 15 is 0 Å². The normalized spacial score (nSPS) is 11.2. The Labute approximate surface area is 137 Å². The molecule has 6 nitrogen and oxygen atoms in total. The van der Waals surface area contributed by atoms with Gasteiger partial charge in [0.2, 0.25) is 5.91 Å². The van der Waals surface area contributed by atoms with E-state index in [-0.39, 0.29) is 12.3 Å². The van der Waals surface area contributed by atoms with Gasteiger partial charge in [0.15, 0.2) is 0 Å². The zero-order chi connectivity index (χ0) is 16.7. The SMILES string of the molecule is C=C(Br)C[C@H](NC(=O)c1ccc(NC(C)=O)cc1)C(=O)OC. The van der Waals surface area contributed by atoms with Crippen LogP contribution < -0.4 is 10.6 Å². The number of carbonyl (C=O) groups excluding carboxylic acids is 3. The lowest BCUT2D eigenvalue weighted by molar-refractivity contribution is -0.142. The number of rotatable bonds is 6. The van der Waals surface area contributed by atoms with Crippen LogP contribution >= 0.6 is 15.9 Å². The van der Waals surface area contributed by atoms with Gasteiger partial charge in [-0.15, -0.1) is 0 Å². The van der Waals surface area contributed by atoms with Gasteiger partial charge in [0.25, 0.3) is 5.91 Å². The third-order valence-electron chi connectivity index (χ3n) is 2.68. The summed E-state index contributed by atoms with van der Waals surface area (Å²) in [4.78, 5) is 34.7. The molecule has 0 spiro atoms. The Morgan fingerprint density at radius 1 is 1.27 bits per heavy atom. The van der Waals surface area contributed by atoms with Crippen LogP contribution in [0, 0.1) is 0 Å². The van der Waals surface area contributed by atoms with Gasteiger partial charge in [0.1, 0.15) is 6.04 Å². The van der Waals surface area contributed by atoms with Crippen LogP contribution in [0.1, 0.15) is 23.7 Å². The van der Waals surface area contributed by atoms with E-state index in [9.17, 15) is 14.4 Å². The van der Waals surface area contributed by atoms with Crippen molar-refractivity contribution in [1.82, 2.24) is 5.32 Å². The van der Waals surface area contributed by atoms with E-state index in [0.29, 0.717) is 15.7 Å². The molecule has 0 aliphatic heterocycles. The summed E-state index contributed by atoms with van der Waals surface area (Å²) in [6.45, 7) is 5.05. The zero-order valence-electron chi connectivity index (χ0n) is 12.3. The monoisotopic (exact) mass is 368 g/mol. The summed E-state index contributed by atoms with van der Waals surface area (Å²) in [7, 11) is 1.25. The molecule has 0 fully saturated rings. The summed E-state index contributed by atoms with van der Waals surface area (Å²) < 4.78 is 5.22. The van der Waals surface area contributed by atoms with Crippen LogP contribution in [0.25, 0.3) is 0 Å². The Kier molecular flexibility index (Phi) is 6.78. The van der Waals surface area contributed by atoms with Gasteiger partial charge in [-0.2, -0.15) is 0 Å². The minimum absolute atomic E-state index is 0.196. The first-order valence-electron chi connectivity index (χ1n) is 6.43. The highest BCUT2D eigenvalue weighted by atomic mass is 79.9. The van der Waals surface area contributed by atoms with Crippen molar-refractivity contribution in [3.63, 3.8) is 0 Å². The molecule has 7 heteroatoms. The van der Waals surface area contributed by atoms with Crippen LogP contribution in [-0.2, 0) is 14.3 Å². The summed E-state index contributed by atoms with van der Waals surface area (Å²) >= 11 is 3.16. The number of carbonyl (C=O) groups is 3. The molecule has 22 heavy (non-hydrogen) atoms. The number of hydrogen-bond acceptors (Lipinski definition) is 4. The Hall–Kier alpha value is -2.15. The number of anilines is 1. The summed E-state index contributed by atoms with van der Waals surface area (Å²) in [5.41, 5.74) is 0.950. The molecule has 0 bridgehead atoms.